The summed E-state index contributed by atoms with van der Waals surface area (Å²) in [5.41, 5.74) is 2.13. The molecule has 0 bridgehead atoms. The highest BCUT2D eigenvalue weighted by atomic mass is 16.1. The van der Waals surface area contributed by atoms with Crippen LogP contribution in [-0.4, -0.2) is 11.8 Å². The molecule has 1 aliphatic heterocycles. The van der Waals surface area contributed by atoms with Crippen LogP contribution in [-0.2, 0) is 4.79 Å². The molecule has 0 aromatic rings. The summed E-state index contributed by atoms with van der Waals surface area (Å²) in [7, 11) is 0. The minimum atomic E-state index is 0.00806. The molecule has 0 radical (unpaired) electrons. The maximum Gasteiger partial charge on any atom is 0.166 e. The number of fused-ring (bicyclic) bond motifs is 1. The third kappa shape index (κ3) is 1.44. The van der Waals surface area contributed by atoms with E-state index >= 15 is 0 Å². The third-order valence-corrected chi connectivity index (χ3v) is 2.48. The van der Waals surface area contributed by atoms with Crippen molar-refractivity contribution in [1.82, 2.24) is 5.32 Å². The van der Waals surface area contributed by atoms with E-state index in [1.165, 1.54) is 5.57 Å². The minimum absolute atomic E-state index is 0.00806. The molecule has 1 aliphatic carbocycles. The van der Waals surface area contributed by atoms with Crippen LogP contribution in [0.25, 0.3) is 0 Å². The molecule has 13 heavy (non-hydrogen) atoms. The highest BCUT2D eigenvalue weighted by Crippen LogP contribution is 2.22. The average Bonchev–Trinajstić information content (AvgIpc) is 2.06. The van der Waals surface area contributed by atoms with Crippen LogP contribution in [0.2, 0.25) is 0 Å². The van der Waals surface area contributed by atoms with Gasteiger partial charge in [-0.15, -0.1) is 0 Å². The largest absolute Gasteiger partial charge is 0.381 e. The quantitative estimate of drug-likeness (QED) is 0.605. The van der Waals surface area contributed by atoms with Gasteiger partial charge in [-0.2, -0.15) is 0 Å². The molecule has 0 aromatic heterocycles. The van der Waals surface area contributed by atoms with Gasteiger partial charge in [-0.25, -0.2) is 0 Å². The Hall–Kier alpha value is -1.31. The third-order valence-electron chi connectivity index (χ3n) is 2.48. The summed E-state index contributed by atoms with van der Waals surface area (Å²) in [6, 6.07) is 0.168. The molecule has 0 fully saturated rings. The highest BCUT2D eigenvalue weighted by molar-refractivity contribution is 5.95. The van der Waals surface area contributed by atoms with Gasteiger partial charge in [-0.05, 0) is 13.8 Å². The van der Waals surface area contributed by atoms with E-state index in [-0.39, 0.29) is 17.7 Å². The van der Waals surface area contributed by atoms with E-state index in [4.69, 9.17) is 0 Å². The van der Waals surface area contributed by atoms with Gasteiger partial charge in [0.2, 0.25) is 0 Å². The molecule has 1 N–H and O–H groups in total. The van der Waals surface area contributed by atoms with Crippen molar-refractivity contribution in [2.24, 2.45) is 5.92 Å². The Kier molecular flexibility index (Phi) is 1.83. The number of carbonyl (C=O) groups is 1. The molecule has 0 saturated carbocycles. The monoisotopic (exact) mass is 175 g/mol. The topological polar surface area (TPSA) is 29.1 Å². The Labute approximate surface area is 78.0 Å². The van der Waals surface area contributed by atoms with Crippen LogP contribution in [0, 0.1) is 5.92 Å². The summed E-state index contributed by atoms with van der Waals surface area (Å²) < 4.78 is 0. The zero-order valence-corrected chi connectivity index (χ0v) is 7.87. The van der Waals surface area contributed by atoms with Crippen LogP contribution in [0.15, 0.2) is 35.6 Å². The molecule has 2 rings (SSSR count). The zero-order chi connectivity index (χ0) is 9.42. The van der Waals surface area contributed by atoms with E-state index in [0.29, 0.717) is 0 Å². The van der Waals surface area contributed by atoms with E-state index < -0.39 is 0 Å². The van der Waals surface area contributed by atoms with Gasteiger partial charge in [-0.3, -0.25) is 4.79 Å². The first-order valence-electron chi connectivity index (χ1n) is 4.52. The summed E-state index contributed by atoms with van der Waals surface area (Å²) >= 11 is 0. The fourth-order valence-electron chi connectivity index (χ4n) is 1.83. The fraction of sp³-hybridized carbons (Fsp3) is 0.364. The van der Waals surface area contributed by atoms with Gasteiger partial charge in [0, 0.05) is 11.8 Å². The van der Waals surface area contributed by atoms with Gasteiger partial charge >= 0.3 is 0 Å². The zero-order valence-electron chi connectivity index (χ0n) is 7.87. The van der Waals surface area contributed by atoms with Crippen LogP contribution in [0.1, 0.15) is 13.8 Å². The molecule has 0 amide bonds. The van der Waals surface area contributed by atoms with E-state index in [0.717, 1.165) is 5.70 Å². The lowest BCUT2D eigenvalue weighted by atomic mass is 9.86. The average molecular weight is 175 g/mol. The summed E-state index contributed by atoms with van der Waals surface area (Å²) in [4.78, 5) is 11.6. The number of carbonyl (C=O) groups excluding carboxylic acids is 1. The molecule has 0 aromatic carbocycles. The number of allylic oxidation sites excluding steroid dienone is 4. The predicted molar refractivity (Wildman–Crippen MR) is 52.1 cm³/mol. The molecule has 1 heterocycles. The van der Waals surface area contributed by atoms with Crippen molar-refractivity contribution in [2.45, 2.75) is 19.9 Å². The molecule has 2 unspecified atom stereocenters. The Morgan fingerprint density at radius 2 is 2.15 bits per heavy atom. The Bertz CT molecular complexity index is 336. The van der Waals surface area contributed by atoms with Crippen molar-refractivity contribution in [2.75, 3.05) is 0 Å². The van der Waals surface area contributed by atoms with Crippen molar-refractivity contribution in [1.29, 1.82) is 0 Å². The number of hydrogen-bond acceptors (Lipinski definition) is 2. The fourth-order valence-corrected chi connectivity index (χ4v) is 1.83. The first-order valence-corrected chi connectivity index (χ1v) is 4.52. The standard InChI is InChI=1S/C11H13NO/c1-7-3-4-10-9(5-7)11(13)6-8(2)12-10/h3-6,9-10,12H,1-2H3. The minimum Gasteiger partial charge on any atom is -0.381 e. The lowest BCUT2D eigenvalue weighted by Gasteiger charge is -2.29. The second-order valence-corrected chi connectivity index (χ2v) is 3.70. The Morgan fingerprint density at radius 1 is 1.38 bits per heavy atom. The summed E-state index contributed by atoms with van der Waals surface area (Å²) in [6.45, 7) is 3.94. The van der Waals surface area contributed by atoms with Gasteiger partial charge < -0.3 is 5.32 Å². The van der Waals surface area contributed by atoms with Gasteiger partial charge in [-0.1, -0.05) is 23.8 Å². The maximum absolute atomic E-state index is 11.6. The first-order chi connectivity index (χ1) is 6.16. The lowest BCUT2D eigenvalue weighted by molar-refractivity contribution is -0.117. The maximum atomic E-state index is 11.6. The summed E-state index contributed by atoms with van der Waals surface area (Å²) in [6.07, 6.45) is 7.83. The van der Waals surface area contributed by atoms with Gasteiger partial charge in [0.1, 0.15) is 0 Å². The smallest absolute Gasteiger partial charge is 0.166 e. The van der Waals surface area contributed by atoms with E-state index in [9.17, 15) is 4.79 Å². The molecule has 0 spiro atoms. The number of ketones is 1. The van der Waals surface area contributed by atoms with Crippen molar-refractivity contribution in [3.8, 4) is 0 Å². The van der Waals surface area contributed by atoms with Crippen LogP contribution >= 0.6 is 0 Å². The molecule has 2 heteroatoms. The van der Waals surface area contributed by atoms with E-state index in [1.54, 1.807) is 6.08 Å². The highest BCUT2D eigenvalue weighted by Gasteiger charge is 2.28. The van der Waals surface area contributed by atoms with Crippen LogP contribution in [0.4, 0.5) is 0 Å². The Morgan fingerprint density at radius 3 is 2.92 bits per heavy atom. The van der Waals surface area contributed by atoms with E-state index in [1.807, 2.05) is 19.9 Å². The molecule has 2 atom stereocenters. The van der Waals surface area contributed by atoms with Crippen molar-refractivity contribution in [3.63, 3.8) is 0 Å². The molecular formula is C11H13NO. The van der Waals surface area contributed by atoms with Crippen LogP contribution in [0.5, 0.6) is 0 Å². The Balaban J connectivity index is 2.33. The second-order valence-electron chi connectivity index (χ2n) is 3.70. The predicted octanol–water partition coefficient (Wildman–Crippen LogP) is 1.56. The molecule has 2 aliphatic rings. The van der Waals surface area contributed by atoms with Gasteiger partial charge in [0.25, 0.3) is 0 Å². The first kappa shape index (κ1) is 8.30. The number of rotatable bonds is 0. The number of hydrogen-bond donors (Lipinski definition) is 1. The van der Waals surface area contributed by atoms with Crippen molar-refractivity contribution in [3.05, 3.63) is 35.6 Å². The van der Waals surface area contributed by atoms with Crippen molar-refractivity contribution >= 4 is 5.78 Å². The van der Waals surface area contributed by atoms with Gasteiger partial charge in [0.15, 0.2) is 5.78 Å². The molecule has 2 nitrogen and oxygen atoms in total. The van der Waals surface area contributed by atoms with Crippen LogP contribution in [0.3, 0.4) is 0 Å². The SMILES string of the molecule is CC1=CC2C(=O)C=C(C)NC2C=C1. The normalized spacial score (nSPS) is 31.7. The van der Waals surface area contributed by atoms with E-state index in [2.05, 4.69) is 17.5 Å². The lowest BCUT2D eigenvalue weighted by Crippen LogP contribution is -2.41. The molecule has 0 saturated heterocycles. The summed E-state index contributed by atoms with van der Waals surface area (Å²) in [5.74, 6) is 0.221. The molecular weight excluding hydrogens is 162 g/mol. The van der Waals surface area contributed by atoms with Gasteiger partial charge in [0.05, 0.1) is 12.0 Å². The van der Waals surface area contributed by atoms with Crippen LogP contribution < -0.4 is 5.32 Å². The summed E-state index contributed by atoms with van der Waals surface area (Å²) in [5, 5.41) is 3.28. The number of nitrogens with one attached hydrogen (secondary N) is 1. The second kappa shape index (κ2) is 2.87. The molecule has 68 valence electrons. The van der Waals surface area contributed by atoms with Crippen molar-refractivity contribution < 1.29 is 4.79 Å².